The van der Waals surface area contributed by atoms with E-state index in [9.17, 15) is 5.11 Å². The molecule has 0 spiro atoms. The van der Waals surface area contributed by atoms with Crippen LogP contribution in [0.5, 0.6) is 5.75 Å². The number of ether oxygens (including phenoxy) is 2. The molecule has 132 valence electrons. The van der Waals surface area contributed by atoms with Gasteiger partial charge in [0.05, 0.1) is 19.3 Å². The minimum absolute atomic E-state index is 0. The molecule has 1 aromatic carbocycles. The Morgan fingerprint density at radius 1 is 1.13 bits per heavy atom. The fraction of sp³-hybridized carbons (Fsp3) is 0.625. The van der Waals surface area contributed by atoms with E-state index in [0.29, 0.717) is 26.4 Å². The molecule has 0 aromatic heterocycles. The Bertz CT molecular complexity index is 428. The molecule has 1 atom stereocenters. The predicted molar refractivity (Wildman–Crippen MR) is 90.4 cm³/mol. The fourth-order valence-electron chi connectivity index (χ4n) is 2.35. The predicted octanol–water partition coefficient (Wildman–Crippen LogP) is -1.54. The summed E-state index contributed by atoms with van der Waals surface area (Å²) in [7, 11) is 2.13. The molecule has 1 saturated heterocycles. The van der Waals surface area contributed by atoms with E-state index in [1.807, 2.05) is 24.3 Å². The first kappa shape index (κ1) is 20.7. The van der Waals surface area contributed by atoms with Gasteiger partial charge in [0.15, 0.2) is 0 Å². The molecule has 1 aromatic rings. The van der Waals surface area contributed by atoms with Gasteiger partial charge < -0.3 is 31.9 Å². The van der Waals surface area contributed by atoms with Gasteiger partial charge in [0, 0.05) is 37.2 Å². The summed E-state index contributed by atoms with van der Waals surface area (Å²) in [4.78, 5) is 4.59. The summed E-state index contributed by atoms with van der Waals surface area (Å²) in [5.74, 6) is 0.824. The monoisotopic (exact) mass is 407 g/mol. The van der Waals surface area contributed by atoms with E-state index in [-0.39, 0.29) is 12.4 Å². The van der Waals surface area contributed by atoms with E-state index in [2.05, 4.69) is 32.8 Å². The van der Waals surface area contributed by atoms with Crippen molar-refractivity contribution in [2.45, 2.75) is 6.10 Å². The van der Waals surface area contributed by atoms with E-state index < -0.39 is 6.10 Å². The first-order chi connectivity index (χ1) is 10.6. The zero-order valence-corrected chi connectivity index (χ0v) is 15.8. The minimum atomic E-state index is -0.434. The topological polar surface area (TPSA) is 45.2 Å². The molecule has 7 heteroatoms. The number of nitrogens with zero attached hydrogens (tertiary/aromatic N) is 2. The molecule has 0 radical (unpaired) electrons. The van der Waals surface area contributed by atoms with E-state index in [1.165, 1.54) is 0 Å². The highest BCUT2D eigenvalue weighted by atomic mass is 79.9. The van der Waals surface area contributed by atoms with Crippen molar-refractivity contribution in [3.05, 3.63) is 28.7 Å². The summed E-state index contributed by atoms with van der Waals surface area (Å²) in [5.41, 5.74) is 0. The summed E-state index contributed by atoms with van der Waals surface area (Å²) in [6.45, 7) is 6.17. The second kappa shape index (κ2) is 11.2. The standard InChI is InChI=1S/C16H25BrN2O3.ClH/c1-18-6-8-19(9-7-18)12-15(20)13-21-10-11-22-16-4-2-14(17)3-5-16;/h2-5,15,20H,6-13H2,1H3;1H/p-1. The molecule has 1 heterocycles. The highest BCUT2D eigenvalue weighted by Gasteiger charge is 2.16. The summed E-state index contributed by atoms with van der Waals surface area (Å²) >= 11 is 3.38. The van der Waals surface area contributed by atoms with Gasteiger partial charge in [0.2, 0.25) is 0 Å². The maximum atomic E-state index is 9.99. The molecule has 23 heavy (non-hydrogen) atoms. The van der Waals surface area contributed by atoms with Crippen molar-refractivity contribution in [1.29, 1.82) is 0 Å². The number of hydrogen-bond donors (Lipinski definition) is 1. The third kappa shape index (κ3) is 8.33. The van der Waals surface area contributed by atoms with E-state index in [4.69, 9.17) is 9.47 Å². The van der Waals surface area contributed by atoms with Crippen molar-refractivity contribution >= 4 is 15.9 Å². The van der Waals surface area contributed by atoms with E-state index >= 15 is 0 Å². The molecule has 0 amide bonds. The number of hydrogen-bond acceptors (Lipinski definition) is 5. The number of benzene rings is 1. The van der Waals surface area contributed by atoms with Gasteiger partial charge in [0.25, 0.3) is 0 Å². The average molecular weight is 409 g/mol. The Hall–Kier alpha value is -0.370. The van der Waals surface area contributed by atoms with Gasteiger partial charge in [-0.05, 0) is 31.3 Å². The number of rotatable bonds is 8. The molecular formula is C16H25BrClN2O3-. The van der Waals surface area contributed by atoms with Crippen molar-refractivity contribution in [3.8, 4) is 5.75 Å². The Labute approximate surface area is 153 Å². The second-order valence-corrected chi connectivity index (χ2v) is 6.55. The highest BCUT2D eigenvalue weighted by molar-refractivity contribution is 9.10. The molecular weight excluding hydrogens is 384 g/mol. The lowest BCUT2D eigenvalue weighted by Gasteiger charge is -2.33. The van der Waals surface area contributed by atoms with Gasteiger partial charge in [-0.1, -0.05) is 15.9 Å². The van der Waals surface area contributed by atoms with Gasteiger partial charge >= 0.3 is 0 Å². The van der Waals surface area contributed by atoms with E-state index in [0.717, 1.165) is 36.4 Å². The van der Waals surface area contributed by atoms with Crippen molar-refractivity contribution in [3.63, 3.8) is 0 Å². The Morgan fingerprint density at radius 2 is 1.78 bits per heavy atom. The van der Waals surface area contributed by atoms with Crippen LogP contribution in [0.25, 0.3) is 0 Å². The van der Waals surface area contributed by atoms with Crippen molar-refractivity contribution in [2.24, 2.45) is 0 Å². The SMILES string of the molecule is CN1CCN(CC(O)COCCOc2ccc(Br)cc2)CC1.[Cl-]. The van der Waals surface area contributed by atoms with Gasteiger partial charge in [-0.25, -0.2) is 0 Å². The zero-order chi connectivity index (χ0) is 15.8. The molecule has 5 nitrogen and oxygen atoms in total. The fourth-order valence-corrected chi connectivity index (χ4v) is 2.61. The number of aliphatic hydroxyl groups excluding tert-OH is 1. The number of halogens is 2. The summed E-state index contributed by atoms with van der Waals surface area (Å²) < 4.78 is 12.1. The first-order valence-electron chi connectivity index (χ1n) is 7.68. The molecule has 1 fully saturated rings. The normalized spacial score (nSPS) is 17.5. The van der Waals surface area contributed by atoms with Crippen molar-refractivity contribution in [1.82, 2.24) is 9.80 Å². The van der Waals surface area contributed by atoms with Crippen LogP contribution in [0.2, 0.25) is 0 Å². The molecule has 2 rings (SSSR count). The highest BCUT2D eigenvalue weighted by Crippen LogP contribution is 2.15. The van der Waals surface area contributed by atoms with Gasteiger partial charge in [0.1, 0.15) is 12.4 Å². The zero-order valence-electron chi connectivity index (χ0n) is 13.5. The lowest BCUT2D eigenvalue weighted by atomic mass is 10.3. The van der Waals surface area contributed by atoms with Crippen LogP contribution in [0.1, 0.15) is 0 Å². The Kier molecular flexibility index (Phi) is 10.1. The molecule has 1 aliphatic rings. The Morgan fingerprint density at radius 3 is 2.43 bits per heavy atom. The molecule has 0 aliphatic carbocycles. The van der Waals surface area contributed by atoms with Crippen LogP contribution in [0.4, 0.5) is 0 Å². The smallest absolute Gasteiger partial charge is 0.119 e. The molecule has 1 unspecified atom stereocenters. The lowest BCUT2D eigenvalue weighted by molar-refractivity contribution is -0.0000395. The van der Waals surface area contributed by atoms with Crippen LogP contribution >= 0.6 is 15.9 Å². The first-order valence-corrected chi connectivity index (χ1v) is 8.48. The quantitative estimate of drug-likeness (QED) is 0.528. The van der Waals surface area contributed by atoms with Gasteiger partial charge in [-0.2, -0.15) is 0 Å². The summed E-state index contributed by atoms with van der Waals surface area (Å²) in [6.07, 6.45) is -0.434. The van der Waals surface area contributed by atoms with E-state index in [1.54, 1.807) is 0 Å². The van der Waals surface area contributed by atoms with Crippen LogP contribution in [0.15, 0.2) is 28.7 Å². The maximum Gasteiger partial charge on any atom is 0.119 e. The maximum absolute atomic E-state index is 9.99. The largest absolute Gasteiger partial charge is 1.00 e. The Balaban J connectivity index is 0.00000264. The second-order valence-electron chi connectivity index (χ2n) is 5.64. The number of β-amino-alcohol motifs (C(OH)–C–C–N with tert-alkyl or cyclic N) is 1. The van der Waals surface area contributed by atoms with Crippen LogP contribution in [0, 0.1) is 0 Å². The number of piperazine rings is 1. The van der Waals surface area contributed by atoms with Crippen molar-refractivity contribution in [2.75, 3.05) is 59.6 Å². The summed E-state index contributed by atoms with van der Waals surface area (Å²) in [6, 6.07) is 7.70. The van der Waals surface area contributed by atoms with Crippen LogP contribution in [0.3, 0.4) is 0 Å². The number of aliphatic hydroxyl groups is 1. The molecule has 0 saturated carbocycles. The molecule has 0 bridgehead atoms. The minimum Gasteiger partial charge on any atom is -1.00 e. The molecule has 1 aliphatic heterocycles. The number of likely N-dealkylation sites (N-methyl/N-ethyl adjacent to an activating group) is 1. The molecule has 1 N–H and O–H groups in total. The lowest BCUT2D eigenvalue weighted by Crippen LogP contribution is -3.00. The third-order valence-electron chi connectivity index (χ3n) is 3.69. The van der Waals surface area contributed by atoms with Crippen LogP contribution in [-0.2, 0) is 4.74 Å². The van der Waals surface area contributed by atoms with Crippen LogP contribution < -0.4 is 17.1 Å². The van der Waals surface area contributed by atoms with Gasteiger partial charge in [-0.15, -0.1) is 0 Å². The average Bonchev–Trinajstić information content (AvgIpc) is 2.51. The van der Waals surface area contributed by atoms with Gasteiger partial charge in [-0.3, -0.25) is 4.90 Å². The van der Waals surface area contributed by atoms with Crippen molar-refractivity contribution < 1.29 is 27.0 Å². The third-order valence-corrected chi connectivity index (χ3v) is 4.21. The summed E-state index contributed by atoms with van der Waals surface area (Å²) in [5, 5.41) is 9.99. The van der Waals surface area contributed by atoms with Crippen LogP contribution in [-0.4, -0.2) is 80.6 Å².